The molecular weight excluding hydrogens is 278 g/mol. The van der Waals surface area contributed by atoms with Crippen LogP contribution < -0.4 is 0 Å². The number of benzene rings is 1. The molecule has 110 valence electrons. The zero-order valence-corrected chi connectivity index (χ0v) is 12.4. The van der Waals surface area contributed by atoms with Gasteiger partial charge in [-0.3, -0.25) is 4.79 Å². The SMILES string of the molecule is CCCOC1CCCN(C(=O)c2ccc(Cl)cc2O)C1. The van der Waals surface area contributed by atoms with Crippen molar-refractivity contribution in [3.63, 3.8) is 0 Å². The molecule has 4 nitrogen and oxygen atoms in total. The predicted molar refractivity (Wildman–Crippen MR) is 78.3 cm³/mol. The topological polar surface area (TPSA) is 49.8 Å². The fraction of sp³-hybridized carbons (Fsp3) is 0.533. The smallest absolute Gasteiger partial charge is 0.257 e. The monoisotopic (exact) mass is 297 g/mol. The minimum Gasteiger partial charge on any atom is -0.507 e. The van der Waals surface area contributed by atoms with E-state index in [-0.39, 0.29) is 17.8 Å². The predicted octanol–water partition coefficient (Wildman–Crippen LogP) is 3.08. The molecule has 0 aromatic heterocycles. The van der Waals surface area contributed by atoms with Gasteiger partial charge >= 0.3 is 0 Å². The third-order valence-electron chi connectivity index (χ3n) is 3.41. The van der Waals surface area contributed by atoms with Crippen molar-refractivity contribution in [3.8, 4) is 5.75 Å². The number of hydrogen-bond acceptors (Lipinski definition) is 3. The van der Waals surface area contributed by atoms with Crippen LogP contribution in [0.1, 0.15) is 36.5 Å². The van der Waals surface area contributed by atoms with Gasteiger partial charge in [0.25, 0.3) is 5.91 Å². The molecular formula is C15H20ClNO3. The first-order valence-corrected chi connectivity index (χ1v) is 7.39. The molecule has 0 saturated carbocycles. The van der Waals surface area contributed by atoms with Crippen LogP contribution in [-0.2, 0) is 4.74 Å². The molecule has 5 heteroatoms. The summed E-state index contributed by atoms with van der Waals surface area (Å²) < 4.78 is 5.72. The fourth-order valence-electron chi connectivity index (χ4n) is 2.40. The second kappa shape index (κ2) is 6.95. The summed E-state index contributed by atoms with van der Waals surface area (Å²) >= 11 is 5.78. The van der Waals surface area contributed by atoms with E-state index >= 15 is 0 Å². The van der Waals surface area contributed by atoms with E-state index in [1.807, 2.05) is 0 Å². The van der Waals surface area contributed by atoms with Gasteiger partial charge in [0.15, 0.2) is 0 Å². The summed E-state index contributed by atoms with van der Waals surface area (Å²) in [6.07, 6.45) is 2.98. The molecule has 1 amide bonds. The molecule has 1 N–H and O–H groups in total. The van der Waals surface area contributed by atoms with E-state index in [9.17, 15) is 9.90 Å². The summed E-state index contributed by atoms with van der Waals surface area (Å²) in [5.74, 6) is -0.233. The van der Waals surface area contributed by atoms with E-state index in [2.05, 4.69) is 6.92 Å². The standard InChI is InChI=1S/C15H20ClNO3/c1-2-8-20-12-4-3-7-17(10-12)15(19)13-6-5-11(16)9-14(13)18/h5-6,9,12,18H,2-4,7-8,10H2,1H3. The Labute approximate surface area is 124 Å². The van der Waals surface area contributed by atoms with Gasteiger partial charge in [0.05, 0.1) is 11.7 Å². The fourth-order valence-corrected chi connectivity index (χ4v) is 2.57. The van der Waals surface area contributed by atoms with Gasteiger partial charge < -0.3 is 14.7 Å². The van der Waals surface area contributed by atoms with Crippen LogP contribution in [0.2, 0.25) is 5.02 Å². The first kappa shape index (κ1) is 15.1. The number of hydrogen-bond donors (Lipinski definition) is 1. The number of likely N-dealkylation sites (tertiary alicyclic amines) is 1. The van der Waals surface area contributed by atoms with Crippen LogP contribution in [0.4, 0.5) is 0 Å². The number of halogens is 1. The Morgan fingerprint density at radius 1 is 1.55 bits per heavy atom. The second-order valence-electron chi connectivity index (χ2n) is 5.05. The van der Waals surface area contributed by atoms with Gasteiger partial charge in [-0.15, -0.1) is 0 Å². The maximum absolute atomic E-state index is 12.4. The number of ether oxygens (including phenoxy) is 1. The average molecular weight is 298 g/mol. The van der Waals surface area contributed by atoms with Crippen molar-refractivity contribution >= 4 is 17.5 Å². The average Bonchev–Trinajstić information content (AvgIpc) is 2.45. The Hall–Kier alpha value is -1.26. The van der Waals surface area contributed by atoms with Crippen molar-refractivity contribution in [2.75, 3.05) is 19.7 Å². The van der Waals surface area contributed by atoms with E-state index in [1.165, 1.54) is 6.07 Å². The molecule has 1 aromatic rings. The van der Waals surface area contributed by atoms with Crippen molar-refractivity contribution in [3.05, 3.63) is 28.8 Å². The molecule has 1 saturated heterocycles. The Morgan fingerprint density at radius 2 is 2.35 bits per heavy atom. The molecule has 20 heavy (non-hydrogen) atoms. The third kappa shape index (κ3) is 3.64. The highest BCUT2D eigenvalue weighted by Gasteiger charge is 2.26. The molecule has 1 unspecified atom stereocenters. The highest BCUT2D eigenvalue weighted by atomic mass is 35.5. The maximum atomic E-state index is 12.4. The lowest BCUT2D eigenvalue weighted by Crippen LogP contribution is -2.43. The second-order valence-corrected chi connectivity index (χ2v) is 5.48. The molecule has 0 bridgehead atoms. The van der Waals surface area contributed by atoms with Crippen LogP contribution in [0.5, 0.6) is 5.75 Å². The summed E-state index contributed by atoms with van der Waals surface area (Å²) in [5.41, 5.74) is 0.297. The van der Waals surface area contributed by atoms with Crippen LogP contribution in [0.25, 0.3) is 0 Å². The van der Waals surface area contributed by atoms with E-state index in [1.54, 1.807) is 17.0 Å². The van der Waals surface area contributed by atoms with Crippen molar-refractivity contribution < 1.29 is 14.6 Å². The summed E-state index contributed by atoms with van der Waals surface area (Å²) in [5, 5.41) is 10.3. The quantitative estimate of drug-likeness (QED) is 0.929. The lowest BCUT2D eigenvalue weighted by molar-refractivity contribution is 0.00202. The van der Waals surface area contributed by atoms with E-state index < -0.39 is 0 Å². The highest BCUT2D eigenvalue weighted by Crippen LogP contribution is 2.25. The zero-order chi connectivity index (χ0) is 14.5. The first-order chi connectivity index (χ1) is 9.61. The van der Waals surface area contributed by atoms with Gasteiger partial charge in [-0.2, -0.15) is 0 Å². The minimum absolute atomic E-state index is 0.0703. The molecule has 2 rings (SSSR count). The Balaban J connectivity index is 2.04. The van der Waals surface area contributed by atoms with E-state index in [0.29, 0.717) is 23.7 Å². The Bertz CT molecular complexity index is 478. The molecule has 0 radical (unpaired) electrons. The van der Waals surface area contributed by atoms with Crippen molar-refractivity contribution in [2.24, 2.45) is 0 Å². The number of carbonyl (C=O) groups is 1. The summed E-state index contributed by atoms with van der Waals surface area (Å²) in [4.78, 5) is 14.2. The minimum atomic E-state index is -0.163. The number of phenols is 1. The number of piperidine rings is 1. The van der Waals surface area contributed by atoms with Crippen LogP contribution in [0.15, 0.2) is 18.2 Å². The molecule has 1 aliphatic heterocycles. The number of rotatable bonds is 4. The van der Waals surface area contributed by atoms with Crippen LogP contribution in [0.3, 0.4) is 0 Å². The lowest BCUT2D eigenvalue weighted by atomic mass is 10.1. The molecule has 1 heterocycles. The summed E-state index contributed by atoms with van der Waals surface area (Å²) in [7, 11) is 0. The van der Waals surface area contributed by atoms with Gasteiger partial charge in [0, 0.05) is 24.7 Å². The Morgan fingerprint density at radius 3 is 3.05 bits per heavy atom. The van der Waals surface area contributed by atoms with Gasteiger partial charge in [0.2, 0.25) is 0 Å². The van der Waals surface area contributed by atoms with Crippen LogP contribution >= 0.6 is 11.6 Å². The maximum Gasteiger partial charge on any atom is 0.257 e. The lowest BCUT2D eigenvalue weighted by Gasteiger charge is -2.32. The van der Waals surface area contributed by atoms with Crippen molar-refractivity contribution in [1.82, 2.24) is 4.90 Å². The molecule has 1 aromatic carbocycles. The number of carbonyl (C=O) groups excluding carboxylic acids is 1. The normalized spacial score (nSPS) is 19.1. The first-order valence-electron chi connectivity index (χ1n) is 7.01. The number of amides is 1. The number of phenolic OH excluding ortho intramolecular Hbond substituents is 1. The largest absolute Gasteiger partial charge is 0.507 e. The molecule has 1 fully saturated rings. The van der Waals surface area contributed by atoms with Gasteiger partial charge in [0.1, 0.15) is 5.75 Å². The van der Waals surface area contributed by atoms with E-state index in [4.69, 9.17) is 16.3 Å². The van der Waals surface area contributed by atoms with Gasteiger partial charge in [-0.1, -0.05) is 18.5 Å². The molecule has 1 aliphatic rings. The highest BCUT2D eigenvalue weighted by molar-refractivity contribution is 6.30. The number of aromatic hydroxyl groups is 1. The molecule has 1 atom stereocenters. The molecule has 0 spiro atoms. The van der Waals surface area contributed by atoms with Gasteiger partial charge in [-0.25, -0.2) is 0 Å². The zero-order valence-electron chi connectivity index (χ0n) is 11.6. The third-order valence-corrected chi connectivity index (χ3v) is 3.65. The van der Waals surface area contributed by atoms with E-state index in [0.717, 1.165) is 25.9 Å². The van der Waals surface area contributed by atoms with Crippen molar-refractivity contribution in [1.29, 1.82) is 0 Å². The Kier molecular flexibility index (Phi) is 5.26. The summed E-state index contributed by atoms with van der Waals surface area (Å²) in [6, 6.07) is 4.57. The van der Waals surface area contributed by atoms with Gasteiger partial charge in [-0.05, 0) is 37.5 Å². The van der Waals surface area contributed by atoms with Crippen molar-refractivity contribution in [2.45, 2.75) is 32.3 Å². The number of nitrogens with zero attached hydrogens (tertiary/aromatic N) is 1. The summed E-state index contributed by atoms with van der Waals surface area (Å²) in [6.45, 7) is 4.07. The molecule has 0 aliphatic carbocycles. The van der Waals surface area contributed by atoms with Crippen LogP contribution in [-0.4, -0.2) is 41.7 Å². The van der Waals surface area contributed by atoms with Crippen LogP contribution in [0, 0.1) is 0 Å².